The van der Waals surface area contributed by atoms with Gasteiger partial charge in [0, 0.05) is 10.9 Å². The fourth-order valence-electron chi connectivity index (χ4n) is 1.63. The van der Waals surface area contributed by atoms with Gasteiger partial charge in [-0.3, -0.25) is 4.79 Å². The van der Waals surface area contributed by atoms with Crippen LogP contribution in [-0.4, -0.2) is 24.4 Å². The summed E-state index contributed by atoms with van der Waals surface area (Å²) in [6.45, 7) is 1.96. The molecular weight excluding hydrogens is 302 g/mol. The summed E-state index contributed by atoms with van der Waals surface area (Å²) < 4.78 is 10.3. The summed E-state index contributed by atoms with van der Waals surface area (Å²) in [6, 6.07) is 3.46. The summed E-state index contributed by atoms with van der Waals surface area (Å²) in [5.74, 6) is -0.540. The van der Waals surface area contributed by atoms with Crippen LogP contribution in [0.1, 0.15) is 17.3 Å². The predicted molar refractivity (Wildman–Crippen MR) is 77.3 cm³/mol. The number of anilines is 1. The van der Waals surface area contributed by atoms with Crippen molar-refractivity contribution in [1.82, 2.24) is 0 Å². The summed E-state index contributed by atoms with van der Waals surface area (Å²) in [6.07, 6.45) is 1.51. The number of furan rings is 1. The van der Waals surface area contributed by atoms with Gasteiger partial charge in [-0.25, -0.2) is 4.79 Å². The highest BCUT2D eigenvalue weighted by Crippen LogP contribution is 2.36. The van der Waals surface area contributed by atoms with E-state index in [2.05, 4.69) is 5.32 Å². The van der Waals surface area contributed by atoms with E-state index in [1.54, 1.807) is 24.4 Å². The number of nitrogens with one attached hydrogen (secondary N) is 1. The smallest absolute Gasteiger partial charge is 0.341 e. The molecule has 0 aliphatic carbocycles. The first-order valence-corrected chi connectivity index (χ1v) is 7.27. The number of rotatable bonds is 5. The van der Waals surface area contributed by atoms with E-state index in [4.69, 9.17) is 20.8 Å². The zero-order valence-corrected chi connectivity index (χ0v) is 12.2. The molecule has 5 nitrogen and oxygen atoms in total. The van der Waals surface area contributed by atoms with Gasteiger partial charge in [0.15, 0.2) is 0 Å². The van der Waals surface area contributed by atoms with Gasteiger partial charge in [0.1, 0.15) is 22.2 Å². The molecule has 0 aromatic carbocycles. The molecule has 1 amide bonds. The first kappa shape index (κ1) is 14.6. The number of hydrogen-bond donors (Lipinski definition) is 1. The Bertz CT molecular complexity index is 606. The van der Waals surface area contributed by atoms with Gasteiger partial charge in [0.25, 0.3) is 0 Å². The number of alkyl halides is 1. The molecule has 1 N–H and O–H groups in total. The Labute approximate surface area is 124 Å². The topological polar surface area (TPSA) is 68.5 Å². The summed E-state index contributed by atoms with van der Waals surface area (Å²) in [5.41, 5.74) is 0.869. The third-order valence-corrected chi connectivity index (χ3v) is 3.57. The van der Waals surface area contributed by atoms with E-state index in [-0.39, 0.29) is 24.0 Å². The number of hydrogen-bond acceptors (Lipinski definition) is 5. The number of esters is 1. The van der Waals surface area contributed by atoms with E-state index in [0.29, 0.717) is 16.3 Å². The van der Waals surface area contributed by atoms with Crippen molar-refractivity contribution in [3.8, 4) is 11.3 Å². The number of halogens is 1. The van der Waals surface area contributed by atoms with Crippen LogP contribution in [0.2, 0.25) is 0 Å². The van der Waals surface area contributed by atoms with Crippen LogP contribution in [0.5, 0.6) is 0 Å². The minimum atomic E-state index is -0.509. The van der Waals surface area contributed by atoms with E-state index in [1.807, 2.05) is 0 Å². The highest BCUT2D eigenvalue weighted by atomic mass is 35.5. The summed E-state index contributed by atoms with van der Waals surface area (Å²) in [4.78, 5) is 23.5. The van der Waals surface area contributed by atoms with E-state index >= 15 is 0 Å². The molecular formula is C13H12ClNO4S. The Balaban J connectivity index is 2.42. The maximum atomic E-state index is 12.1. The van der Waals surface area contributed by atoms with Gasteiger partial charge in [-0.2, -0.15) is 0 Å². The highest BCUT2D eigenvalue weighted by molar-refractivity contribution is 7.15. The molecule has 0 radical (unpaired) electrons. The van der Waals surface area contributed by atoms with Gasteiger partial charge >= 0.3 is 5.97 Å². The fraction of sp³-hybridized carbons (Fsp3) is 0.231. The number of thiophene rings is 1. The van der Waals surface area contributed by atoms with E-state index < -0.39 is 5.97 Å². The molecule has 0 unspecified atom stereocenters. The lowest BCUT2D eigenvalue weighted by molar-refractivity contribution is -0.113. The Hall–Kier alpha value is -1.79. The third-order valence-electron chi connectivity index (χ3n) is 2.43. The van der Waals surface area contributed by atoms with Crippen LogP contribution < -0.4 is 5.32 Å². The molecule has 0 bridgehead atoms. The molecule has 2 heterocycles. The SMILES string of the molecule is CCOC(=O)c1c(-c2ccco2)csc1NC(=O)CCl. The largest absolute Gasteiger partial charge is 0.464 e. The minimum absolute atomic E-state index is 0.184. The van der Waals surface area contributed by atoms with Crippen molar-refractivity contribution in [1.29, 1.82) is 0 Å². The molecule has 0 fully saturated rings. The average molecular weight is 314 g/mol. The Morgan fingerprint density at radius 3 is 2.90 bits per heavy atom. The van der Waals surface area contributed by atoms with Crippen LogP contribution in [0.25, 0.3) is 11.3 Å². The number of ether oxygens (including phenoxy) is 1. The van der Waals surface area contributed by atoms with E-state index in [1.165, 1.54) is 17.6 Å². The van der Waals surface area contributed by atoms with Gasteiger partial charge in [-0.1, -0.05) is 0 Å². The van der Waals surface area contributed by atoms with Gasteiger partial charge in [-0.05, 0) is 19.1 Å². The van der Waals surface area contributed by atoms with Crippen molar-refractivity contribution in [3.05, 3.63) is 29.3 Å². The van der Waals surface area contributed by atoms with E-state index in [9.17, 15) is 9.59 Å². The third kappa shape index (κ3) is 3.02. The molecule has 0 aliphatic heterocycles. The van der Waals surface area contributed by atoms with E-state index in [0.717, 1.165) is 0 Å². The standard InChI is InChI=1S/C13H12ClNO4S/c1-2-18-13(17)11-8(9-4-3-5-19-9)7-20-12(11)15-10(16)6-14/h3-5,7H,2,6H2,1H3,(H,15,16). The molecule has 20 heavy (non-hydrogen) atoms. The molecule has 0 aliphatic rings. The zero-order valence-electron chi connectivity index (χ0n) is 10.6. The van der Waals surface area contributed by atoms with Crippen molar-refractivity contribution in [3.63, 3.8) is 0 Å². The van der Waals surface area contributed by atoms with Crippen molar-refractivity contribution in [2.45, 2.75) is 6.92 Å². The highest BCUT2D eigenvalue weighted by Gasteiger charge is 2.23. The second kappa shape index (κ2) is 6.58. The van der Waals surface area contributed by atoms with Crippen LogP contribution in [0.15, 0.2) is 28.2 Å². The first-order chi connectivity index (χ1) is 9.67. The van der Waals surface area contributed by atoms with Gasteiger partial charge in [0.05, 0.1) is 12.9 Å². The Kier molecular flexibility index (Phi) is 4.81. The average Bonchev–Trinajstić information content (AvgIpc) is 3.07. The first-order valence-electron chi connectivity index (χ1n) is 5.85. The van der Waals surface area contributed by atoms with Gasteiger partial charge in [0.2, 0.25) is 5.91 Å². The molecule has 0 saturated heterocycles. The second-order valence-corrected chi connectivity index (χ2v) is 4.88. The molecule has 106 valence electrons. The molecule has 2 rings (SSSR count). The summed E-state index contributed by atoms with van der Waals surface area (Å²) in [7, 11) is 0. The Morgan fingerprint density at radius 1 is 1.50 bits per heavy atom. The lowest BCUT2D eigenvalue weighted by Crippen LogP contribution is -2.15. The Morgan fingerprint density at radius 2 is 2.30 bits per heavy atom. The predicted octanol–water partition coefficient (Wildman–Crippen LogP) is 3.36. The van der Waals surface area contributed by atoms with Crippen LogP contribution in [0.3, 0.4) is 0 Å². The van der Waals surface area contributed by atoms with Crippen molar-refractivity contribution in [2.75, 3.05) is 17.8 Å². The molecule has 0 atom stereocenters. The van der Waals surface area contributed by atoms with Crippen molar-refractivity contribution < 1.29 is 18.7 Å². The van der Waals surface area contributed by atoms with Crippen LogP contribution >= 0.6 is 22.9 Å². The lowest BCUT2D eigenvalue weighted by atomic mass is 10.1. The van der Waals surface area contributed by atoms with Gasteiger partial charge < -0.3 is 14.5 Å². The van der Waals surface area contributed by atoms with Gasteiger partial charge in [-0.15, -0.1) is 22.9 Å². The van der Waals surface area contributed by atoms with Crippen LogP contribution in [-0.2, 0) is 9.53 Å². The second-order valence-electron chi connectivity index (χ2n) is 3.73. The van der Waals surface area contributed by atoms with Crippen LogP contribution in [0.4, 0.5) is 5.00 Å². The normalized spacial score (nSPS) is 10.3. The maximum absolute atomic E-state index is 12.1. The van der Waals surface area contributed by atoms with Crippen molar-refractivity contribution >= 4 is 39.8 Å². The number of amides is 1. The molecule has 2 aromatic rings. The maximum Gasteiger partial charge on any atom is 0.341 e. The molecule has 0 saturated carbocycles. The summed E-state index contributed by atoms with van der Waals surface area (Å²) >= 11 is 6.68. The summed E-state index contributed by atoms with van der Waals surface area (Å²) in [5, 5.41) is 4.72. The molecule has 7 heteroatoms. The fourth-order valence-corrected chi connectivity index (χ4v) is 2.65. The molecule has 2 aromatic heterocycles. The number of carbonyl (C=O) groups is 2. The molecule has 0 spiro atoms. The minimum Gasteiger partial charge on any atom is -0.464 e. The van der Waals surface area contributed by atoms with Crippen molar-refractivity contribution in [2.24, 2.45) is 0 Å². The monoisotopic (exact) mass is 313 g/mol. The quantitative estimate of drug-likeness (QED) is 0.679. The lowest BCUT2D eigenvalue weighted by Gasteiger charge is -2.06. The number of carbonyl (C=O) groups excluding carboxylic acids is 2. The van der Waals surface area contributed by atoms with Crippen LogP contribution in [0, 0.1) is 0 Å². The zero-order chi connectivity index (χ0) is 14.5.